The van der Waals surface area contributed by atoms with Gasteiger partial charge in [0.1, 0.15) is 5.60 Å². The van der Waals surface area contributed by atoms with Crippen LogP contribution in [0.1, 0.15) is 31.9 Å². The summed E-state index contributed by atoms with van der Waals surface area (Å²) in [5.74, 6) is 0. The molecule has 0 aliphatic heterocycles. The van der Waals surface area contributed by atoms with Crippen LogP contribution in [-0.2, 0) is 11.3 Å². The lowest BCUT2D eigenvalue weighted by atomic mass is 10.1. The Balaban J connectivity index is 2.80. The van der Waals surface area contributed by atoms with Gasteiger partial charge in [0.25, 0.3) is 0 Å². The van der Waals surface area contributed by atoms with Crippen LogP contribution in [-0.4, -0.2) is 16.8 Å². The SMILES string of the molecule is Cc1ccc(CO)c(NC(=O)OC(C)(C)C)c1. The average molecular weight is 237 g/mol. The Hall–Kier alpha value is -1.55. The molecule has 0 fully saturated rings. The number of carbonyl (C=O) groups is 1. The first-order valence-corrected chi connectivity index (χ1v) is 5.52. The van der Waals surface area contributed by atoms with Crippen molar-refractivity contribution in [1.82, 2.24) is 0 Å². The largest absolute Gasteiger partial charge is 0.444 e. The molecule has 17 heavy (non-hydrogen) atoms. The van der Waals surface area contributed by atoms with Gasteiger partial charge in [0.2, 0.25) is 0 Å². The van der Waals surface area contributed by atoms with Crippen LogP contribution in [0.4, 0.5) is 10.5 Å². The molecule has 1 aromatic rings. The van der Waals surface area contributed by atoms with Gasteiger partial charge in [0.05, 0.1) is 6.61 Å². The molecule has 1 aromatic carbocycles. The lowest BCUT2D eigenvalue weighted by Crippen LogP contribution is -2.27. The summed E-state index contributed by atoms with van der Waals surface area (Å²) in [6, 6.07) is 5.46. The molecule has 4 heteroatoms. The third-order valence-corrected chi connectivity index (χ3v) is 2.07. The molecule has 94 valence electrons. The van der Waals surface area contributed by atoms with Gasteiger partial charge in [-0.25, -0.2) is 4.79 Å². The van der Waals surface area contributed by atoms with Crippen LogP contribution < -0.4 is 5.32 Å². The van der Waals surface area contributed by atoms with Crippen molar-refractivity contribution in [1.29, 1.82) is 0 Å². The zero-order chi connectivity index (χ0) is 13.1. The Morgan fingerprint density at radius 3 is 2.59 bits per heavy atom. The highest BCUT2D eigenvalue weighted by Gasteiger charge is 2.17. The van der Waals surface area contributed by atoms with Crippen LogP contribution in [0.3, 0.4) is 0 Å². The first kappa shape index (κ1) is 13.5. The van der Waals surface area contributed by atoms with Crippen molar-refractivity contribution in [2.24, 2.45) is 0 Å². The van der Waals surface area contributed by atoms with Crippen LogP contribution in [0.15, 0.2) is 18.2 Å². The first-order chi connectivity index (χ1) is 7.81. The lowest BCUT2D eigenvalue weighted by molar-refractivity contribution is 0.0635. The topological polar surface area (TPSA) is 58.6 Å². The molecule has 1 rings (SSSR count). The standard InChI is InChI=1S/C13H19NO3/c1-9-5-6-10(8-15)11(7-9)14-12(16)17-13(2,3)4/h5-7,15H,8H2,1-4H3,(H,14,16). The highest BCUT2D eigenvalue weighted by Crippen LogP contribution is 2.18. The highest BCUT2D eigenvalue weighted by atomic mass is 16.6. The lowest BCUT2D eigenvalue weighted by Gasteiger charge is -2.20. The number of nitrogens with one attached hydrogen (secondary N) is 1. The van der Waals surface area contributed by atoms with Crippen molar-refractivity contribution < 1.29 is 14.6 Å². The van der Waals surface area contributed by atoms with E-state index in [1.54, 1.807) is 32.9 Å². The molecule has 0 bridgehead atoms. The fourth-order valence-corrected chi connectivity index (χ4v) is 1.36. The predicted molar refractivity (Wildman–Crippen MR) is 67.0 cm³/mol. The van der Waals surface area contributed by atoms with Gasteiger partial charge in [0.15, 0.2) is 0 Å². The Labute approximate surface area is 102 Å². The molecule has 0 aliphatic carbocycles. The molecular formula is C13H19NO3. The summed E-state index contributed by atoms with van der Waals surface area (Å²) in [6.45, 7) is 7.20. The van der Waals surface area contributed by atoms with Crippen LogP contribution in [0, 0.1) is 6.92 Å². The normalized spacial score (nSPS) is 11.1. The molecule has 0 atom stereocenters. The van der Waals surface area contributed by atoms with E-state index in [1.807, 2.05) is 13.0 Å². The summed E-state index contributed by atoms with van der Waals surface area (Å²) in [7, 11) is 0. The van der Waals surface area contributed by atoms with Crippen LogP contribution in [0.5, 0.6) is 0 Å². The number of anilines is 1. The van der Waals surface area contributed by atoms with Gasteiger partial charge < -0.3 is 9.84 Å². The zero-order valence-electron chi connectivity index (χ0n) is 10.7. The smallest absolute Gasteiger partial charge is 0.412 e. The number of hydrogen-bond acceptors (Lipinski definition) is 3. The summed E-state index contributed by atoms with van der Waals surface area (Å²) in [6.07, 6.45) is -0.516. The molecule has 0 aliphatic rings. The summed E-state index contributed by atoms with van der Waals surface area (Å²) in [5, 5.41) is 11.8. The van der Waals surface area contributed by atoms with Crippen LogP contribution in [0.25, 0.3) is 0 Å². The number of amides is 1. The van der Waals surface area contributed by atoms with E-state index in [0.717, 1.165) is 5.56 Å². The van der Waals surface area contributed by atoms with Crippen molar-refractivity contribution >= 4 is 11.8 Å². The predicted octanol–water partition coefficient (Wildman–Crippen LogP) is 2.83. The summed E-state index contributed by atoms with van der Waals surface area (Å²) in [5.41, 5.74) is 1.73. The minimum atomic E-state index is -0.534. The molecular weight excluding hydrogens is 218 g/mol. The summed E-state index contributed by atoms with van der Waals surface area (Å²) in [4.78, 5) is 11.6. The summed E-state index contributed by atoms with van der Waals surface area (Å²) >= 11 is 0. The Kier molecular flexibility index (Phi) is 4.12. The number of benzene rings is 1. The van der Waals surface area contributed by atoms with Crippen molar-refractivity contribution in [3.05, 3.63) is 29.3 Å². The van der Waals surface area contributed by atoms with E-state index >= 15 is 0 Å². The van der Waals surface area contributed by atoms with E-state index in [4.69, 9.17) is 9.84 Å². The van der Waals surface area contributed by atoms with E-state index in [0.29, 0.717) is 11.3 Å². The number of hydrogen-bond donors (Lipinski definition) is 2. The second kappa shape index (κ2) is 5.19. The van der Waals surface area contributed by atoms with Crippen molar-refractivity contribution in [2.75, 3.05) is 5.32 Å². The van der Waals surface area contributed by atoms with Crippen molar-refractivity contribution in [3.63, 3.8) is 0 Å². The van der Waals surface area contributed by atoms with Gasteiger partial charge in [-0.2, -0.15) is 0 Å². The second-order valence-electron chi connectivity index (χ2n) is 4.95. The second-order valence-corrected chi connectivity index (χ2v) is 4.95. The number of aliphatic hydroxyl groups excluding tert-OH is 1. The van der Waals surface area contributed by atoms with Crippen molar-refractivity contribution in [2.45, 2.75) is 39.9 Å². The van der Waals surface area contributed by atoms with Crippen LogP contribution in [0.2, 0.25) is 0 Å². The molecule has 0 aromatic heterocycles. The maximum Gasteiger partial charge on any atom is 0.412 e. The third-order valence-electron chi connectivity index (χ3n) is 2.07. The van der Waals surface area contributed by atoms with E-state index < -0.39 is 11.7 Å². The highest BCUT2D eigenvalue weighted by molar-refractivity contribution is 5.86. The van der Waals surface area contributed by atoms with E-state index in [-0.39, 0.29) is 6.61 Å². The molecule has 0 unspecified atom stereocenters. The van der Waals surface area contributed by atoms with Gasteiger partial charge in [-0.3, -0.25) is 5.32 Å². The van der Waals surface area contributed by atoms with Gasteiger partial charge in [-0.05, 0) is 39.3 Å². The molecule has 0 radical (unpaired) electrons. The maximum atomic E-state index is 11.6. The molecule has 0 heterocycles. The summed E-state index contributed by atoms with van der Waals surface area (Å²) < 4.78 is 5.15. The van der Waals surface area contributed by atoms with Crippen LogP contribution >= 0.6 is 0 Å². The van der Waals surface area contributed by atoms with Gasteiger partial charge >= 0.3 is 6.09 Å². The zero-order valence-corrected chi connectivity index (χ0v) is 10.7. The average Bonchev–Trinajstić information content (AvgIpc) is 2.14. The maximum absolute atomic E-state index is 11.6. The fourth-order valence-electron chi connectivity index (χ4n) is 1.36. The minimum Gasteiger partial charge on any atom is -0.444 e. The minimum absolute atomic E-state index is 0.120. The molecule has 0 saturated carbocycles. The van der Waals surface area contributed by atoms with Gasteiger partial charge in [-0.15, -0.1) is 0 Å². The van der Waals surface area contributed by atoms with Gasteiger partial charge in [0, 0.05) is 11.3 Å². The number of rotatable bonds is 2. The van der Waals surface area contributed by atoms with Crippen molar-refractivity contribution in [3.8, 4) is 0 Å². The molecule has 4 nitrogen and oxygen atoms in total. The van der Waals surface area contributed by atoms with E-state index in [1.165, 1.54) is 0 Å². The molecule has 1 amide bonds. The Bertz CT molecular complexity index is 408. The third kappa shape index (κ3) is 4.44. The van der Waals surface area contributed by atoms with E-state index in [2.05, 4.69) is 5.32 Å². The molecule has 2 N–H and O–H groups in total. The molecule has 0 spiro atoms. The number of aryl methyl sites for hydroxylation is 1. The van der Waals surface area contributed by atoms with E-state index in [9.17, 15) is 4.79 Å². The first-order valence-electron chi connectivity index (χ1n) is 5.52. The number of carbonyl (C=O) groups excluding carboxylic acids is 1. The number of ether oxygens (including phenoxy) is 1. The Morgan fingerprint density at radius 2 is 2.06 bits per heavy atom. The number of aliphatic hydroxyl groups is 1. The monoisotopic (exact) mass is 237 g/mol. The molecule has 0 saturated heterocycles. The van der Waals surface area contributed by atoms with Gasteiger partial charge in [-0.1, -0.05) is 12.1 Å². The quantitative estimate of drug-likeness (QED) is 0.831. The fraction of sp³-hybridized carbons (Fsp3) is 0.462. The Morgan fingerprint density at radius 1 is 1.41 bits per heavy atom.